The highest BCUT2D eigenvalue weighted by Crippen LogP contribution is 2.33. The smallest absolute Gasteiger partial charge is 0.264 e. The van der Waals surface area contributed by atoms with Crippen LogP contribution in [0.3, 0.4) is 0 Å². The topological polar surface area (TPSA) is 94.2 Å². The number of rotatable bonds is 5. The maximum atomic E-state index is 9.73. The minimum Gasteiger partial charge on any atom is -0.508 e. The molecule has 2 aromatic heterocycles. The number of hydrogen-bond acceptors (Lipinski definition) is 7. The van der Waals surface area contributed by atoms with Gasteiger partial charge in [0.2, 0.25) is 0 Å². The summed E-state index contributed by atoms with van der Waals surface area (Å²) in [6, 6.07) is 4.85. The van der Waals surface area contributed by atoms with Crippen molar-refractivity contribution in [2.45, 2.75) is 26.9 Å². The van der Waals surface area contributed by atoms with Gasteiger partial charge in [-0.2, -0.15) is 4.98 Å². The molecule has 7 heteroatoms. The lowest BCUT2D eigenvalue weighted by Crippen LogP contribution is -1.99. The summed E-state index contributed by atoms with van der Waals surface area (Å²) in [5.74, 6) is 1.59. The molecule has 2 heterocycles. The number of benzene rings is 1. The Morgan fingerprint density at radius 1 is 1.22 bits per heavy atom. The first-order valence-electron chi connectivity index (χ1n) is 7.22. The number of phenols is 1. The summed E-state index contributed by atoms with van der Waals surface area (Å²) in [6.07, 6.45) is 3.94. The highest BCUT2D eigenvalue weighted by Gasteiger charge is 2.13. The Morgan fingerprint density at radius 3 is 2.78 bits per heavy atom. The Kier molecular flexibility index (Phi) is 4.18. The fourth-order valence-corrected chi connectivity index (χ4v) is 2.13. The van der Waals surface area contributed by atoms with Gasteiger partial charge in [-0.1, -0.05) is 12.1 Å². The van der Waals surface area contributed by atoms with Crippen LogP contribution < -0.4 is 4.74 Å². The van der Waals surface area contributed by atoms with Gasteiger partial charge in [0.25, 0.3) is 5.89 Å². The van der Waals surface area contributed by atoms with E-state index >= 15 is 0 Å². The summed E-state index contributed by atoms with van der Waals surface area (Å²) in [4.78, 5) is 12.8. The molecule has 23 heavy (non-hydrogen) atoms. The molecule has 0 aliphatic rings. The van der Waals surface area contributed by atoms with E-state index < -0.39 is 0 Å². The Hall–Kier alpha value is -2.96. The fraction of sp³-hybridized carbons (Fsp3) is 0.250. The molecule has 1 aromatic carbocycles. The Labute approximate surface area is 133 Å². The van der Waals surface area contributed by atoms with E-state index in [0.717, 1.165) is 11.3 Å². The van der Waals surface area contributed by atoms with Gasteiger partial charge in [-0.05, 0) is 19.1 Å². The number of aromatic nitrogens is 4. The maximum absolute atomic E-state index is 9.73. The fourth-order valence-electron chi connectivity index (χ4n) is 2.13. The van der Waals surface area contributed by atoms with Crippen LogP contribution in [0.2, 0.25) is 0 Å². The van der Waals surface area contributed by atoms with E-state index in [9.17, 15) is 5.11 Å². The second kappa shape index (κ2) is 6.43. The molecule has 3 rings (SSSR count). The molecule has 0 aliphatic heterocycles. The first kappa shape index (κ1) is 15.0. The van der Waals surface area contributed by atoms with Crippen molar-refractivity contribution in [3.63, 3.8) is 0 Å². The number of aromatic hydroxyl groups is 1. The third-order valence-electron chi connectivity index (χ3n) is 3.28. The van der Waals surface area contributed by atoms with Gasteiger partial charge in [0.05, 0.1) is 11.4 Å². The predicted molar refractivity (Wildman–Crippen MR) is 81.9 cm³/mol. The molecule has 7 nitrogen and oxygen atoms in total. The molecule has 1 N–H and O–H groups in total. The number of phenolic OH excluding ortho intramolecular Hbond substituents is 1. The predicted octanol–water partition coefficient (Wildman–Crippen LogP) is 2.68. The molecular formula is C16H16N4O3. The molecule has 0 fully saturated rings. The lowest BCUT2D eigenvalue weighted by Gasteiger charge is -2.11. The normalized spacial score (nSPS) is 10.7. The van der Waals surface area contributed by atoms with Crippen molar-refractivity contribution >= 4 is 0 Å². The van der Waals surface area contributed by atoms with Crippen LogP contribution >= 0.6 is 0 Å². The first-order valence-corrected chi connectivity index (χ1v) is 7.22. The lowest BCUT2D eigenvalue weighted by molar-refractivity contribution is 0.242. The second-order valence-electron chi connectivity index (χ2n) is 4.92. The molecule has 0 aliphatic carbocycles. The highest BCUT2D eigenvalue weighted by atomic mass is 16.5. The largest absolute Gasteiger partial charge is 0.508 e. The summed E-state index contributed by atoms with van der Waals surface area (Å²) in [6.45, 7) is 3.92. The van der Waals surface area contributed by atoms with E-state index in [1.807, 2.05) is 13.8 Å². The first-order chi connectivity index (χ1) is 11.2. The second-order valence-corrected chi connectivity index (χ2v) is 4.92. The molecular weight excluding hydrogens is 296 g/mol. The van der Waals surface area contributed by atoms with Gasteiger partial charge >= 0.3 is 0 Å². The maximum Gasteiger partial charge on any atom is 0.264 e. The van der Waals surface area contributed by atoms with Crippen LogP contribution in [0.1, 0.15) is 24.3 Å². The number of aryl methyl sites for hydroxylation is 2. The molecule has 0 spiro atoms. The lowest BCUT2D eigenvalue weighted by atomic mass is 10.1. The van der Waals surface area contributed by atoms with E-state index in [-0.39, 0.29) is 12.4 Å². The summed E-state index contributed by atoms with van der Waals surface area (Å²) in [5.41, 5.74) is 2.21. The van der Waals surface area contributed by atoms with E-state index in [0.29, 0.717) is 29.6 Å². The molecule has 0 saturated heterocycles. The van der Waals surface area contributed by atoms with E-state index in [4.69, 9.17) is 9.26 Å². The van der Waals surface area contributed by atoms with Gasteiger partial charge < -0.3 is 14.4 Å². The third-order valence-corrected chi connectivity index (χ3v) is 3.28. The van der Waals surface area contributed by atoms with Gasteiger partial charge in [-0.15, -0.1) is 0 Å². The number of ether oxygens (including phenoxy) is 1. The molecule has 0 radical (unpaired) electrons. The summed E-state index contributed by atoms with van der Waals surface area (Å²) < 4.78 is 10.8. The standard InChI is InChI=1S/C16H16N4O3/c1-3-14-19-15(23-20-14)9-22-13-8-11(21)4-5-12(13)16-10(2)17-6-7-18-16/h4-8,21H,3,9H2,1-2H3. The van der Waals surface area contributed by atoms with Crippen LogP contribution in [0.15, 0.2) is 35.1 Å². The summed E-state index contributed by atoms with van der Waals surface area (Å²) in [5, 5.41) is 13.5. The van der Waals surface area contributed by atoms with Crippen molar-refractivity contribution in [1.82, 2.24) is 20.1 Å². The van der Waals surface area contributed by atoms with Gasteiger partial charge in [-0.25, -0.2) is 0 Å². The van der Waals surface area contributed by atoms with Gasteiger partial charge in [0, 0.05) is 30.4 Å². The summed E-state index contributed by atoms with van der Waals surface area (Å²) >= 11 is 0. The van der Waals surface area contributed by atoms with Crippen molar-refractivity contribution in [3.8, 4) is 22.8 Å². The quantitative estimate of drug-likeness (QED) is 0.774. The van der Waals surface area contributed by atoms with E-state index in [1.165, 1.54) is 6.07 Å². The van der Waals surface area contributed by atoms with Crippen LogP contribution in [-0.2, 0) is 13.0 Å². The molecule has 118 valence electrons. The van der Waals surface area contributed by atoms with Gasteiger partial charge in [0.15, 0.2) is 12.4 Å². The van der Waals surface area contributed by atoms with Crippen LogP contribution in [0.5, 0.6) is 11.5 Å². The van der Waals surface area contributed by atoms with Crippen LogP contribution in [0.4, 0.5) is 0 Å². The van der Waals surface area contributed by atoms with E-state index in [2.05, 4.69) is 20.1 Å². The van der Waals surface area contributed by atoms with Gasteiger partial charge in [0.1, 0.15) is 11.5 Å². The van der Waals surface area contributed by atoms with Crippen molar-refractivity contribution < 1.29 is 14.4 Å². The zero-order valence-electron chi connectivity index (χ0n) is 12.9. The molecule has 0 saturated carbocycles. The Morgan fingerprint density at radius 2 is 2.04 bits per heavy atom. The third kappa shape index (κ3) is 3.28. The van der Waals surface area contributed by atoms with Gasteiger partial charge in [-0.3, -0.25) is 9.97 Å². The van der Waals surface area contributed by atoms with Crippen LogP contribution in [-0.4, -0.2) is 25.2 Å². The minimum absolute atomic E-state index is 0.102. The van der Waals surface area contributed by atoms with E-state index in [1.54, 1.807) is 24.5 Å². The van der Waals surface area contributed by atoms with Crippen molar-refractivity contribution in [3.05, 3.63) is 48.0 Å². The van der Waals surface area contributed by atoms with Crippen LogP contribution in [0, 0.1) is 6.92 Å². The molecule has 0 bridgehead atoms. The molecule has 0 amide bonds. The highest BCUT2D eigenvalue weighted by molar-refractivity contribution is 5.69. The Balaban J connectivity index is 1.89. The molecule has 0 atom stereocenters. The van der Waals surface area contributed by atoms with Crippen molar-refractivity contribution in [1.29, 1.82) is 0 Å². The average Bonchev–Trinajstić information content (AvgIpc) is 3.02. The monoisotopic (exact) mass is 312 g/mol. The zero-order valence-corrected chi connectivity index (χ0v) is 12.9. The minimum atomic E-state index is 0.102. The van der Waals surface area contributed by atoms with Crippen molar-refractivity contribution in [2.75, 3.05) is 0 Å². The Bertz CT molecular complexity index is 817. The number of nitrogens with zero attached hydrogens (tertiary/aromatic N) is 4. The van der Waals surface area contributed by atoms with Crippen molar-refractivity contribution in [2.24, 2.45) is 0 Å². The zero-order chi connectivity index (χ0) is 16.2. The molecule has 0 unspecified atom stereocenters. The van der Waals surface area contributed by atoms with Crippen LogP contribution in [0.25, 0.3) is 11.3 Å². The average molecular weight is 312 g/mol. The molecule has 3 aromatic rings. The number of hydrogen-bond donors (Lipinski definition) is 1. The summed E-state index contributed by atoms with van der Waals surface area (Å²) in [7, 11) is 0. The SMILES string of the molecule is CCc1noc(COc2cc(O)ccc2-c2nccnc2C)n1.